The lowest BCUT2D eigenvalue weighted by molar-refractivity contribution is -0.144. The van der Waals surface area contributed by atoms with Crippen molar-refractivity contribution in [3.05, 3.63) is 0 Å². The van der Waals surface area contributed by atoms with Gasteiger partial charge in [-0.25, -0.2) is 0 Å². The molecule has 1 aliphatic carbocycles. The highest BCUT2D eigenvalue weighted by atomic mass is 16.2. The van der Waals surface area contributed by atoms with Crippen LogP contribution in [-0.2, 0) is 9.59 Å². The van der Waals surface area contributed by atoms with Crippen LogP contribution in [0.3, 0.4) is 0 Å². The molecule has 0 aromatic rings. The molecule has 0 bridgehead atoms. The Morgan fingerprint density at radius 3 is 2.82 bits per heavy atom. The van der Waals surface area contributed by atoms with E-state index in [0.717, 1.165) is 19.3 Å². The second-order valence-corrected chi connectivity index (χ2v) is 5.19. The Labute approximate surface area is 102 Å². The van der Waals surface area contributed by atoms with Crippen molar-refractivity contribution in [3.8, 4) is 0 Å². The van der Waals surface area contributed by atoms with Gasteiger partial charge in [0.2, 0.25) is 11.8 Å². The van der Waals surface area contributed by atoms with Crippen molar-refractivity contribution in [2.45, 2.75) is 50.6 Å². The second-order valence-electron chi connectivity index (χ2n) is 5.19. The Hall–Kier alpha value is -1.10. The van der Waals surface area contributed by atoms with Crippen molar-refractivity contribution >= 4 is 11.8 Å². The molecule has 1 saturated heterocycles. The van der Waals surface area contributed by atoms with E-state index in [0.29, 0.717) is 25.9 Å². The van der Waals surface area contributed by atoms with Gasteiger partial charge in [0.15, 0.2) is 0 Å². The number of carbonyl (C=O) groups is 2. The SMILES string of the molecule is CC[C@@H]1C(=O)NCCN1C(=O)CC1(N)CCC1. The molecule has 5 nitrogen and oxygen atoms in total. The summed E-state index contributed by atoms with van der Waals surface area (Å²) in [6.07, 6.45) is 4.01. The smallest absolute Gasteiger partial charge is 0.242 e. The topological polar surface area (TPSA) is 75.4 Å². The Morgan fingerprint density at radius 1 is 1.59 bits per heavy atom. The van der Waals surface area contributed by atoms with Crippen molar-refractivity contribution in [1.82, 2.24) is 10.2 Å². The summed E-state index contributed by atoms with van der Waals surface area (Å²) in [5.74, 6) is 0.000630. The number of hydrogen-bond acceptors (Lipinski definition) is 3. The first-order chi connectivity index (χ1) is 8.06. The first kappa shape index (κ1) is 12.4. The molecule has 17 heavy (non-hydrogen) atoms. The van der Waals surface area contributed by atoms with Gasteiger partial charge >= 0.3 is 0 Å². The number of amides is 2. The average molecular weight is 239 g/mol. The first-order valence-corrected chi connectivity index (χ1v) is 6.42. The van der Waals surface area contributed by atoms with E-state index in [1.807, 2.05) is 6.92 Å². The van der Waals surface area contributed by atoms with E-state index in [2.05, 4.69) is 5.32 Å². The van der Waals surface area contributed by atoms with Crippen molar-refractivity contribution in [2.75, 3.05) is 13.1 Å². The van der Waals surface area contributed by atoms with E-state index < -0.39 is 0 Å². The zero-order valence-corrected chi connectivity index (χ0v) is 10.4. The number of nitrogens with one attached hydrogen (secondary N) is 1. The molecule has 5 heteroatoms. The molecule has 1 atom stereocenters. The average Bonchev–Trinajstić information content (AvgIpc) is 2.26. The van der Waals surface area contributed by atoms with Crippen LogP contribution in [0.15, 0.2) is 0 Å². The Kier molecular flexibility index (Phi) is 3.38. The number of rotatable bonds is 3. The molecule has 0 aromatic carbocycles. The fourth-order valence-corrected chi connectivity index (χ4v) is 2.63. The molecule has 2 aliphatic rings. The summed E-state index contributed by atoms with van der Waals surface area (Å²) in [6.45, 7) is 3.09. The summed E-state index contributed by atoms with van der Waals surface area (Å²) in [5.41, 5.74) is 5.78. The summed E-state index contributed by atoms with van der Waals surface area (Å²) in [7, 11) is 0. The molecular formula is C12H21N3O2. The van der Waals surface area contributed by atoms with Crippen molar-refractivity contribution < 1.29 is 9.59 Å². The highest BCUT2D eigenvalue weighted by molar-refractivity contribution is 5.89. The third-order valence-electron chi connectivity index (χ3n) is 3.89. The molecule has 96 valence electrons. The largest absolute Gasteiger partial charge is 0.353 e. The molecule has 1 saturated carbocycles. The van der Waals surface area contributed by atoms with Gasteiger partial charge in [-0.15, -0.1) is 0 Å². The molecule has 2 fully saturated rings. The zero-order chi connectivity index (χ0) is 12.5. The minimum atomic E-state index is -0.306. The van der Waals surface area contributed by atoms with Gasteiger partial charge < -0.3 is 16.0 Å². The van der Waals surface area contributed by atoms with Crippen molar-refractivity contribution in [3.63, 3.8) is 0 Å². The van der Waals surface area contributed by atoms with E-state index in [-0.39, 0.29) is 23.4 Å². The quantitative estimate of drug-likeness (QED) is 0.727. The number of nitrogens with two attached hydrogens (primary N) is 1. The van der Waals surface area contributed by atoms with Gasteiger partial charge in [0.1, 0.15) is 6.04 Å². The maximum Gasteiger partial charge on any atom is 0.242 e. The maximum atomic E-state index is 12.2. The van der Waals surface area contributed by atoms with Crippen LogP contribution >= 0.6 is 0 Å². The third kappa shape index (κ3) is 2.44. The summed E-state index contributed by atoms with van der Waals surface area (Å²) in [4.78, 5) is 25.5. The molecule has 1 heterocycles. The van der Waals surface area contributed by atoms with E-state index in [9.17, 15) is 9.59 Å². The van der Waals surface area contributed by atoms with E-state index in [1.54, 1.807) is 4.90 Å². The fraction of sp³-hybridized carbons (Fsp3) is 0.833. The number of piperazine rings is 1. The van der Waals surface area contributed by atoms with Crippen molar-refractivity contribution in [2.24, 2.45) is 5.73 Å². The molecule has 0 radical (unpaired) electrons. The lowest BCUT2D eigenvalue weighted by Crippen LogP contribution is -2.59. The van der Waals surface area contributed by atoms with Gasteiger partial charge in [0, 0.05) is 25.0 Å². The van der Waals surface area contributed by atoms with Crippen LogP contribution in [0.25, 0.3) is 0 Å². The standard InChI is InChI=1S/C12H21N3O2/c1-2-9-11(17)14-6-7-15(9)10(16)8-12(13)4-3-5-12/h9H,2-8,13H2,1H3,(H,14,17)/t9-/m1/s1. The Balaban J connectivity index is 1.99. The van der Waals surface area contributed by atoms with E-state index in [4.69, 9.17) is 5.73 Å². The van der Waals surface area contributed by atoms with Gasteiger partial charge in [-0.1, -0.05) is 6.92 Å². The predicted octanol–water partition coefficient (Wildman–Crippen LogP) is -0.00510. The summed E-state index contributed by atoms with van der Waals surface area (Å²) < 4.78 is 0. The molecule has 2 amide bonds. The monoisotopic (exact) mass is 239 g/mol. The Morgan fingerprint density at radius 2 is 2.29 bits per heavy atom. The van der Waals surface area contributed by atoms with Gasteiger partial charge in [0.05, 0.1) is 0 Å². The Bertz CT molecular complexity index is 326. The molecule has 0 unspecified atom stereocenters. The van der Waals surface area contributed by atoms with E-state index in [1.165, 1.54) is 0 Å². The highest BCUT2D eigenvalue weighted by Crippen LogP contribution is 2.33. The number of nitrogens with zero attached hydrogens (tertiary/aromatic N) is 1. The van der Waals surface area contributed by atoms with Crippen LogP contribution in [0.1, 0.15) is 39.0 Å². The maximum absolute atomic E-state index is 12.2. The predicted molar refractivity (Wildman–Crippen MR) is 64.2 cm³/mol. The van der Waals surface area contributed by atoms with Gasteiger partial charge in [-0.3, -0.25) is 9.59 Å². The van der Waals surface area contributed by atoms with Crippen LogP contribution < -0.4 is 11.1 Å². The molecular weight excluding hydrogens is 218 g/mol. The zero-order valence-electron chi connectivity index (χ0n) is 10.4. The van der Waals surface area contributed by atoms with Gasteiger partial charge in [0.25, 0.3) is 0 Å². The number of hydrogen-bond donors (Lipinski definition) is 2. The number of carbonyl (C=O) groups excluding carboxylic acids is 2. The molecule has 1 aliphatic heterocycles. The summed E-state index contributed by atoms with van der Waals surface area (Å²) in [6, 6.07) is -0.306. The summed E-state index contributed by atoms with van der Waals surface area (Å²) in [5, 5.41) is 2.79. The van der Waals surface area contributed by atoms with Crippen LogP contribution in [0.2, 0.25) is 0 Å². The lowest BCUT2D eigenvalue weighted by Gasteiger charge is -2.41. The van der Waals surface area contributed by atoms with Crippen molar-refractivity contribution in [1.29, 1.82) is 0 Å². The second kappa shape index (κ2) is 4.64. The minimum absolute atomic E-state index is 0.0354. The van der Waals surface area contributed by atoms with Crippen LogP contribution in [-0.4, -0.2) is 41.4 Å². The van der Waals surface area contributed by atoms with Gasteiger partial charge in [-0.2, -0.15) is 0 Å². The van der Waals surface area contributed by atoms with E-state index >= 15 is 0 Å². The van der Waals surface area contributed by atoms with Gasteiger partial charge in [-0.05, 0) is 25.7 Å². The minimum Gasteiger partial charge on any atom is -0.353 e. The molecule has 3 N–H and O–H groups in total. The highest BCUT2D eigenvalue weighted by Gasteiger charge is 2.39. The fourth-order valence-electron chi connectivity index (χ4n) is 2.63. The molecule has 0 aromatic heterocycles. The normalized spacial score (nSPS) is 27.3. The van der Waals surface area contributed by atoms with Crippen LogP contribution in [0.4, 0.5) is 0 Å². The molecule has 0 spiro atoms. The van der Waals surface area contributed by atoms with Crippen LogP contribution in [0.5, 0.6) is 0 Å². The third-order valence-corrected chi connectivity index (χ3v) is 3.89. The molecule has 2 rings (SSSR count). The summed E-state index contributed by atoms with van der Waals surface area (Å²) >= 11 is 0. The van der Waals surface area contributed by atoms with Crippen LogP contribution in [0, 0.1) is 0 Å². The first-order valence-electron chi connectivity index (χ1n) is 6.42. The lowest BCUT2D eigenvalue weighted by atomic mass is 9.75.